The van der Waals surface area contributed by atoms with Crippen LogP contribution in [0.3, 0.4) is 0 Å². The molecule has 0 aliphatic carbocycles. The van der Waals surface area contributed by atoms with Crippen molar-refractivity contribution in [1.29, 1.82) is 0 Å². The maximum atomic E-state index is 10.9. The minimum atomic E-state index is -0.533. The van der Waals surface area contributed by atoms with Gasteiger partial charge in [-0.1, -0.05) is 11.3 Å². The van der Waals surface area contributed by atoms with Crippen LogP contribution in [0.5, 0.6) is 0 Å². The van der Waals surface area contributed by atoms with Crippen molar-refractivity contribution in [3.05, 3.63) is 5.01 Å². The van der Waals surface area contributed by atoms with Crippen LogP contribution in [0.2, 0.25) is 0 Å². The predicted octanol–water partition coefficient (Wildman–Crippen LogP) is -0.154. The number of nitrogens with two attached hydrogens (primary N) is 1. The van der Waals surface area contributed by atoms with Crippen molar-refractivity contribution in [2.75, 3.05) is 24.6 Å². The minimum Gasteiger partial charge on any atom is -0.396 e. The third kappa shape index (κ3) is 2.30. The zero-order valence-corrected chi connectivity index (χ0v) is 9.61. The van der Waals surface area contributed by atoms with E-state index in [1.807, 2.05) is 0 Å². The van der Waals surface area contributed by atoms with Gasteiger partial charge in [0, 0.05) is 19.7 Å². The van der Waals surface area contributed by atoms with Crippen molar-refractivity contribution >= 4 is 22.4 Å². The number of hydrogen-bond acceptors (Lipinski definition) is 6. The van der Waals surface area contributed by atoms with Gasteiger partial charge in [-0.05, 0) is 18.8 Å². The van der Waals surface area contributed by atoms with Gasteiger partial charge in [-0.2, -0.15) is 0 Å². The molecule has 0 aromatic carbocycles. The number of anilines is 1. The minimum absolute atomic E-state index is 0.247. The number of aromatic nitrogens is 2. The van der Waals surface area contributed by atoms with E-state index >= 15 is 0 Å². The highest BCUT2D eigenvalue weighted by atomic mass is 32.1. The number of aliphatic hydroxyl groups is 1. The molecule has 88 valence electrons. The summed E-state index contributed by atoms with van der Waals surface area (Å²) in [5.74, 6) is -0.145. The third-order valence-corrected chi connectivity index (χ3v) is 3.77. The zero-order valence-electron chi connectivity index (χ0n) is 8.80. The van der Waals surface area contributed by atoms with Gasteiger partial charge in [0.15, 0.2) is 0 Å². The van der Waals surface area contributed by atoms with Crippen molar-refractivity contribution in [3.8, 4) is 0 Å². The van der Waals surface area contributed by atoms with Gasteiger partial charge in [-0.3, -0.25) is 4.79 Å². The Balaban J connectivity index is 2.00. The number of piperidine rings is 1. The van der Waals surface area contributed by atoms with Crippen molar-refractivity contribution in [2.45, 2.75) is 12.8 Å². The predicted molar refractivity (Wildman–Crippen MR) is 60.4 cm³/mol. The molecule has 1 fully saturated rings. The van der Waals surface area contributed by atoms with Crippen molar-refractivity contribution < 1.29 is 9.90 Å². The van der Waals surface area contributed by atoms with E-state index in [2.05, 4.69) is 15.1 Å². The van der Waals surface area contributed by atoms with E-state index in [4.69, 9.17) is 10.8 Å². The van der Waals surface area contributed by atoms with Crippen LogP contribution >= 0.6 is 11.3 Å². The summed E-state index contributed by atoms with van der Waals surface area (Å²) in [6.07, 6.45) is 1.89. The van der Waals surface area contributed by atoms with E-state index in [0.29, 0.717) is 5.92 Å². The normalized spacial score (nSPS) is 17.7. The molecule has 6 nitrogen and oxygen atoms in total. The number of nitrogens with zero attached hydrogens (tertiary/aromatic N) is 3. The Morgan fingerprint density at radius 2 is 2.19 bits per heavy atom. The molecule has 2 rings (SSSR count). The molecule has 3 N–H and O–H groups in total. The molecular weight excluding hydrogens is 228 g/mol. The van der Waals surface area contributed by atoms with Gasteiger partial charge in [0.25, 0.3) is 5.91 Å². The molecule has 1 aromatic rings. The van der Waals surface area contributed by atoms with Crippen LogP contribution in [0.4, 0.5) is 5.13 Å². The van der Waals surface area contributed by atoms with Gasteiger partial charge >= 0.3 is 0 Å². The van der Waals surface area contributed by atoms with Gasteiger partial charge in [-0.25, -0.2) is 0 Å². The van der Waals surface area contributed by atoms with Crippen molar-refractivity contribution in [2.24, 2.45) is 11.7 Å². The molecule has 2 heterocycles. The molecule has 1 amide bonds. The summed E-state index contributed by atoms with van der Waals surface area (Å²) in [5.41, 5.74) is 5.12. The lowest BCUT2D eigenvalue weighted by molar-refractivity contribution is 0.0999. The molecule has 1 aliphatic heterocycles. The monoisotopic (exact) mass is 242 g/mol. The molecule has 16 heavy (non-hydrogen) atoms. The number of carbonyl (C=O) groups is 1. The first-order valence-corrected chi connectivity index (χ1v) is 6.01. The Kier molecular flexibility index (Phi) is 3.35. The average Bonchev–Trinajstić information content (AvgIpc) is 2.78. The molecule has 1 aliphatic rings. The summed E-state index contributed by atoms with van der Waals surface area (Å²) in [5, 5.41) is 17.7. The molecule has 1 saturated heterocycles. The SMILES string of the molecule is NC(=O)c1nnc(N2CCC(CO)CC2)s1. The highest BCUT2D eigenvalue weighted by Crippen LogP contribution is 2.25. The number of amides is 1. The molecule has 1 aromatic heterocycles. The molecule has 0 atom stereocenters. The van der Waals surface area contributed by atoms with Crippen LogP contribution in [-0.4, -0.2) is 40.9 Å². The summed E-state index contributed by atoms with van der Waals surface area (Å²) in [6, 6.07) is 0. The number of carbonyl (C=O) groups excluding carboxylic acids is 1. The first kappa shape index (κ1) is 11.3. The summed E-state index contributed by atoms with van der Waals surface area (Å²) in [4.78, 5) is 13.0. The van der Waals surface area contributed by atoms with Crippen LogP contribution in [0.15, 0.2) is 0 Å². The summed E-state index contributed by atoms with van der Waals surface area (Å²) in [7, 11) is 0. The summed E-state index contributed by atoms with van der Waals surface area (Å²) in [6.45, 7) is 1.94. The Bertz CT molecular complexity index is 373. The quantitative estimate of drug-likeness (QED) is 0.768. The standard InChI is InChI=1S/C9H14N4O2S/c10-7(15)8-11-12-9(16-8)13-3-1-6(5-14)2-4-13/h6,14H,1-5H2,(H2,10,15). The number of rotatable bonds is 3. The third-order valence-electron chi connectivity index (χ3n) is 2.77. The average molecular weight is 242 g/mol. The Labute approximate surface area is 97.1 Å². The van der Waals surface area contributed by atoms with E-state index in [0.717, 1.165) is 31.1 Å². The largest absolute Gasteiger partial charge is 0.396 e. The second-order valence-corrected chi connectivity index (χ2v) is 4.82. The lowest BCUT2D eigenvalue weighted by atomic mass is 9.98. The van der Waals surface area contributed by atoms with Gasteiger partial charge < -0.3 is 15.7 Å². The lowest BCUT2D eigenvalue weighted by Crippen LogP contribution is -2.34. The van der Waals surface area contributed by atoms with E-state index in [-0.39, 0.29) is 11.6 Å². The molecule has 0 saturated carbocycles. The fourth-order valence-electron chi connectivity index (χ4n) is 1.75. The maximum absolute atomic E-state index is 10.9. The maximum Gasteiger partial charge on any atom is 0.279 e. The van der Waals surface area contributed by atoms with Crippen LogP contribution in [0, 0.1) is 5.92 Å². The molecule has 0 unspecified atom stereocenters. The van der Waals surface area contributed by atoms with Gasteiger partial charge in [-0.15, -0.1) is 10.2 Å². The highest BCUT2D eigenvalue weighted by Gasteiger charge is 2.21. The first-order chi connectivity index (χ1) is 7.70. The Morgan fingerprint density at radius 3 is 2.69 bits per heavy atom. The Hall–Kier alpha value is -1.21. The van der Waals surface area contributed by atoms with Gasteiger partial charge in [0.1, 0.15) is 0 Å². The summed E-state index contributed by atoms with van der Waals surface area (Å²) < 4.78 is 0. The lowest BCUT2D eigenvalue weighted by Gasteiger charge is -2.30. The fourth-order valence-corrected chi connectivity index (χ4v) is 2.50. The van der Waals surface area contributed by atoms with Gasteiger partial charge in [0.2, 0.25) is 10.1 Å². The number of aliphatic hydroxyl groups excluding tert-OH is 1. The van der Waals surface area contributed by atoms with E-state index in [9.17, 15) is 4.79 Å². The second-order valence-electron chi connectivity index (χ2n) is 3.87. The molecule has 0 bridgehead atoms. The number of primary amides is 1. The molecule has 0 spiro atoms. The fraction of sp³-hybridized carbons (Fsp3) is 0.667. The molecular formula is C9H14N4O2S. The smallest absolute Gasteiger partial charge is 0.279 e. The molecule has 0 radical (unpaired) electrons. The van der Waals surface area contributed by atoms with Crippen LogP contribution < -0.4 is 10.6 Å². The highest BCUT2D eigenvalue weighted by molar-refractivity contribution is 7.17. The Morgan fingerprint density at radius 1 is 1.50 bits per heavy atom. The molecule has 7 heteroatoms. The van der Waals surface area contributed by atoms with E-state index in [1.54, 1.807) is 0 Å². The van der Waals surface area contributed by atoms with Crippen molar-refractivity contribution in [3.63, 3.8) is 0 Å². The van der Waals surface area contributed by atoms with Crippen LogP contribution in [-0.2, 0) is 0 Å². The van der Waals surface area contributed by atoms with E-state index in [1.165, 1.54) is 11.3 Å². The van der Waals surface area contributed by atoms with Crippen molar-refractivity contribution in [1.82, 2.24) is 10.2 Å². The summed E-state index contributed by atoms with van der Waals surface area (Å²) >= 11 is 1.22. The van der Waals surface area contributed by atoms with E-state index < -0.39 is 5.91 Å². The van der Waals surface area contributed by atoms with Gasteiger partial charge in [0.05, 0.1) is 0 Å². The topological polar surface area (TPSA) is 92.3 Å². The van der Waals surface area contributed by atoms with Crippen LogP contribution in [0.25, 0.3) is 0 Å². The number of hydrogen-bond donors (Lipinski definition) is 2. The zero-order chi connectivity index (χ0) is 11.5. The van der Waals surface area contributed by atoms with Crippen LogP contribution in [0.1, 0.15) is 22.6 Å². The second kappa shape index (κ2) is 4.75. The first-order valence-electron chi connectivity index (χ1n) is 5.20.